The fourth-order valence-electron chi connectivity index (χ4n) is 4.06. The summed E-state index contributed by atoms with van der Waals surface area (Å²) in [6.45, 7) is 6.94. The van der Waals surface area contributed by atoms with Crippen molar-refractivity contribution in [2.24, 2.45) is 0 Å². The zero-order valence-corrected chi connectivity index (χ0v) is 24.4. The third kappa shape index (κ3) is 21.7. The lowest BCUT2D eigenvalue weighted by Gasteiger charge is -2.17. The van der Waals surface area contributed by atoms with E-state index < -0.39 is 0 Å². The molecule has 0 spiro atoms. The summed E-state index contributed by atoms with van der Waals surface area (Å²) >= 11 is 0. The highest BCUT2D eigenvalue weighted by Gasteiger charge is 2.14. The van der Waals surface area contributed by atoms with Crippen LogP contribution in [0, 0.1) is 0 Å². The number of nitrogens with one attached hydrogen (secondary N) is 2. The zero-order chi connectivity index (χ0) is 27.7. The monoisotopic (exact) mass is 524 g/mol. The van der Waals surface area contributed by atoms with Crippen molar-refractivity contribution in [1.29, 1.82) is 0 Å². The van der Waals surface area contributed by atoms with Crippen molar-refractivity contribution in [2.45, 2.75) is 123 Å². The molecule has 8 heteroatoms. The summed E-state index contributed by atoms with van der Waals surface area (Å²) in [5.41, 5.74) is 0. The van der Waals surface area contributed by atoms with Crippen LogP contribution in [0.4, 0.5) is 0 Å². The maximum absolute atomic E-state index is 12.1. The summed E-state index contributed by atoms with van der Waals surface area (Å²) in [6.07, 6.45) is 16.1. The number of carbonyl (C=O) groups is 4. The van der Waals surface area contributed by atoms with Gasteiger partial charge in [0.2, 0.25) is 23.6 Å². The third-order valence-electron chi connectivity index (χ3n) is 6.67. The minimum atomic E-state index is -0.206. The zero-order valence-electron chi connectivity index (χ0n) is 24.4. The van der Waals surface area contributed by atoms with Crippen LogP contribution in [0.1, 0.15) is 123 Å². The van der Waals surface area contributed by atoms with Gasteiger partial charge in [-0.2, -0.15) is 0 Å². The van der Waals surface area contributed by atoms with Crippen LogP contribution in [0.3, 0.4) is 0 Å². The Hall–Kier alpha value is -2.12. The van der Waals surface area contributed by atoms with Crippen molar-refractivity contribution >= 4 is 23.6 Å². The number of nitrogens with zero attached hydrogens (tertiary/aromatic N) is 2. The van der Waals surface area contributed by atoms with Crippen LogP contribution < -0.4 is 10.6 Å². The van der Waals surface area contributed by atoms with Gasteiger partial charge in [0.05, 0.1) is 0 Å². The molecule has 0 unspecified atom stereocenters. The van der Waals surface area contributed by atoms with Crippen molar-refractivity contribution < 1.29 is 19.2 Å². The van der Waals surface area contributed by atoms with Crippen molar-refractivity contribution in [3.05, 3.63) is 0 Å². The molecule has 216 valence electrons. The highest BCUT2D eigenvalue weighted by molar-refractivity contribution is 5.97. The maximum atomic E-state index is 12.1. The van der Waals surface area contributed by atoms with E-state index in [1.54, 1.807) is 23.9 Å². The largest absolute Gasteiger partial charge is 0.356 e. The van der Waals surface area contributed by atoms with Gasteiger partial charge in [-0.25, -0.2) is 0 Å². The Balaban J connectivity index is 3.65. The number of hydrogen-bond acceptors (Lipinski definition) is 4. The van der Waals surface area contributed by atoms with Crippen LogP contribution in [0.15, 0.2) is 0 Å². The van der Waals surface area contributed by atoms with Crippen LogP contribution >= 0.6 is 0 Å². The summed E-state index contributed by atoms with van der Waals surface area (Å²) in [4.78, 5) is 51.6. The second kappa shape index (κ2) is 24.2. The van der Waals surface area contributed by atoms with Crippen LogP contribution in [-0.4, -0.2) is 73.7 Å². The van der Waals surface area contributed by atoms with Crippen molar-refractivity contribution in [1.82, 2.24) is 20.4 Å². The molecule has 0 aromatic carbocycles. The quantitative estimate of drug-likeness (QED) is 0.140. The average Bonchev–Trinajstić information content (AvgIpc) is 2.87. The smallest absolute Gasteiger partial charge is 0.231 e. The molecule has 0 aliphatic rings. The van der Waals surface area contributed by atoms with Crippen molar-refractivity contribution in [3.8, 4) is 0 Å². The van der Waals surface area contributed by atoms with Gasteiger partial charge in [0, 0.05) is 40.3 Å². The van der Waals surface area contributed by atoms with E-state index in [-0.39, 0.29) is 36.5 Å². The number of hydrogen-bond donors (Lipinski definition) is 2. The van der Waals surface area contributed by atoms with Gasteiger partial charge in [-0.05, 0) is 25.7 Å². The Labute approximate surface area is 226 Å². The predicted octanol–water partition coefficient (Wildman–Crippen LogP) is 4.81. The van der Waals surface area contributed by atoms with Gasteiger partial charge in [0.15, 0.2) is 0 Å². The Morgan fingerprint density at radius 3 is 1.19 bits per heavy atom. The summed E-state index contributed by atoms with van der Waals surface area (Å²) in [5.74, 6) is -0.652. The Morgan fingerprint density at radius 1 is 0.486 bits per heavy atom. The first-order valence-electron chi connectivity index (χ1n) is 14.8. The molecular weight excluding hydrogens is 468 g/mol. The van der Waals surface area contributed by atoms with Crippen LogP contribution in [0.25, 0.3) is 0 Å². The summed E-state index contributed by atoms with van der Waals surface area (Å²) in [5, 5.41) is 5.68. The van der Waals surface area contributed by atoms with E-state index in [1.165, 1.54) is 38.5 Å². The van der Waals surface area contributed by atoms with Gasteiger partial charge >= 0.3 is 0 Å². The molecule has 0 saturated heterocycles. The van der Waals surface area contributed by atoms with Gasteiger partial charge in [-0.1, -0.05) is 84.5 Å². The summed E-state index contributed by atoms with van der Waals surface area (Å²) in [7, 11) is 3.54. The van der Waals surface area contributed by atoms with Gasteiger partial charge < -0.3 is 20.4 Å². The van der Waals surface area contributed by atoms with E-state index in [9.17, 15) is 19.2 Å². The fourth-order valence-corrected chi connectivity index (χ4v) is 4.06. The first-order chi connectivity index (χ1) is 17.8. The van der Waals surface area contributed by atoms with E-state index in [2.05, 4.69) is 24.5 Å². The van der Waals surface area contributed by atoms with Gasteiger partial charge in [-0.3, -0.25) is 19.2 Å². The molecule has 2 N–H and O–H groups in total. The normalized spacial score (nSPS) is 10.7. The van der Waals surface area contributed by atoms with Gasteiger partial charge in [0.25, 0.3) is 0 Å². The van der Waals surface area contributed by atoms with E-state index in [0.29, 0.717) is 26.2 Å². The Kier molecular flexibility index (Phi) is 22.8. The molecule has 0 aromatic rings. The van der Waals surface area contributed by atoms with E-state index in [0.717, 1.165) is 57.8 Å². The van der Waals surface area contributed by atoms with Crippen LogP contribution in [0.5, 0.6) is 0 Å². The fraction of sp³-hybridized carbons (Fsp3) is 0.862. The molecule has 0 heterocycles. The lowest BCUT2D eigenvalue weighted by Crippen LogP contribution is -2.34. The first kappa shape index (κ1) is 34.9. The predicted molar refractivity (Wildman–Crippen MR) is 151 cm³/mol. The molecule has 37 heavy (non-hydrogen) atoms. The Morgan fingerprint density at radius 2 is 0.811 bits per heavy atom. The second-order valence-electron chi connectivity index (χ2n) is 10.3. The molecule has 0 aliphatic heterocycles. The summed E-state index contributed by atoms with van der Waals surface area (Å²) in [6, 6.07) is 0. The van der Waals surface area contributed by atoms with Crippen molar-refractivity contribution in [2.75, 3.05) is 40.3 Å². The van der Waals surface area contributed by atoms with Crippen LogP contribution in [0.2, 0.25) is 0 Å². The van der Waals surface area contributed by atoms with E-state index in [1.807, 2.05) is 0 Å². The maximum Gasteiger partial charge on any atom is 0.231 e. The minimum Gasteiger partial charge on any atom is -0.356 e. The molecule has 0 aliphatic carbocycles. The lowest BCUT2D eigenvalue weighted by molar-refractivity contribution is -0.136. The van der Waals surface area contributed by atoms with E-state index >= 15 is 0 Å². The van der Waals surface area contributed by atoms with Gasteiger partial charge in [0.1, 0.15) is 12.8 Å². The molecular formula is C29H56N4O4. The first-order valence-corrected chi connectivity index (χ1v) is 14.8. The average molecular weight is 525 g/mol. The highest BCUT2D eigenvalue weighted by atomic mass is 16.2. The number of unbranched alkanes of at least 4 members (excludes halogenated alkanes) is 12. The number of rotatable bonds is 24. The molecule has 0 atom stereocenters. The van der Waals surface area contributed by atoms with Gasteiger partial charge in [-0.15, -0.1) is 0 Å². The topological polar surface area (TPSA) is 98.8 Å². The molecule has 0 rings (SSSR count). The van der Waals surface area contributed by atoms with Crippen molar-refractivity contribution in [3.63, 3.8) is 0 Å². The molecule has 0 aromatic heterocycles. The second-order valence-corrected chi connectivity index (χ2v) is 10.3. The highest BCUT2D eigenvalue weighted by Crippen LogP contribution is 2.06. The molecule has 4 amide bonds. The third-order valence-corrected chi connectivity index (χ3v) is 6.67. The lowest BCUT2D eigenvalue weighted by atomic mass is 10.1. The summed E-state index contributed by atoms with van der Waals surface area (Å²) < 4.78 is 0. The molecule has 0 saturated carbocycles. The molecule has 0 fully saturated rings. The standard InChI is InChI=1S/C29H56N4O4/c1-5-7-9-14-18-22-32(3)28(36)24-26(34)30-20-16-12-11-13-17-21-31-27(35)25-29(37)33(4)23-19-15-10-8-6-2/h5-25H2,1-4H3,(H,30,34)(H,31,35). The minimum absolute atomic E-state index is 0.0809. The number of amides is 4. The van der Waals surface area contributed by atoms with E-state index in [4.69, 9.17) is 0 Å². The molecule has 0 radical (unpaired) electrons. The Bertz CT molecular complexity index is 575. The van der Waals surface area contributed by atoms with Crippen LogP contribution in [-0.2, 0) is 19.2 Å². The molecule has 0 bridgehead atoms. The molecule has 8 nitrogen and oxygen atoms in total. The number of carbonyl (C=O) groups excluding carboxylic acids is 4. The SMILES string of the molecule is CCCCCCCN(C)C(=O)CC(=O)NCCCCCCCNC(=O)CC(=O)N(C)CCCCCCC.